The minimum Gasteiger partial charge on any atom is -0.357 e. The van der Waals surface area contributed by atoms with Crippen molar-refractivity contribution < 1.29 is 0 Å². The molecule has 6 heteroatoms. The summed E-state index contributed by atoms with van der Waals surface area (Å²) in [6.45, 7) is 2.08. The Kier molecular flexibility index (Phi) is 9.18. The minimum absolute atomic E-state index is 0.181. The number of fused-ring (bicyclic) bond motifs is 3. The van der Waals surface area contributed by atoms with Gasteiger partial charge in [0.05, 0.1) is 22.4 Å². The molecule has 9 rings (SSSR count). The molecule has 0 bridgehead atoms. The van der Waals surface area contributed by atoms with Crippen molar-refractivity contribution in [3.05, 3.63) is 194 Å². The summed E-state index contributed by atoms with van der Waals surface area (Å²) < 4.78 is 2.35. The third-order valence-electron chi connectivity index (χ3n) is 10.2. The molecule has 7 aromatic carbocycles. The summed E-state index contributed by atoms with van der Waals surface area (Å²) in [5, 5.41) is 9.58. The lowest BCUT2D eigenvalue weighted by Crippen LogP contribution is -2.45. The zero-order valence-electron chi connectivity index (χ0n) is 30.5. The van der Waals surface area contributed by atoms with Crippen LogP contribution in [0.2, 0.25) is 0 Å². The van der Waals surface area contributed by atoms with E-state index in [9.17, 15) is 0 Å². The molecule has 2 unspecified atom stereocenters. The standard InChI is InChI=1S/C49H40N6/c1-33(44-32-45(35-18-8-3-9-19-35)53-48(52-44)36-20-10-4-11-21-36)51-49(50)54-43-28-26-37(30-41(43)34-16-6-2-7-17-34)38-27-29-47-42(31-38)40-24-14-15-25-46(40)55(47)39-22-12-5-13-23-39/h2-33,49,51,54H,50H2,1H3. The number of para-hydroxylation sites is 2. The molecule has 0 amide bonds. The maximum Gasteiger partial charge on any atom is 0.160 e. The van der Waals surface area contributed by atoms with E-state index in [-0.39, 0.29) is 6.04 Å². The molecule has 0 aliphatic rings. The van der Waals surface area contributed by atoms with Crippen LogP contribution >= 0.6 is 0 Å². The minimum atomic E-state index is -0.570. The molecule has 266 valence electrons. The summed E-state index contributed by atoms with van der Waals surface area (Å²) in [7, 11) is 0. The third-order valence-corrected chi connectivity index (χ3v) is 10.2. The van der Waals surface area contributed by atoms with Crippen LogP contribution in [0.1, 0.15) is 18.7 Å². The molecule has 2 aromatic heterocycles. The fourth-order valence-corrected chi connectivity index (χ4v) is 7.44. The van der Waals surface area contributed by atoms with E-state index in [0.717, 1.165) is 56.1 Å². The van der Waals surface area contributed by atoms with Crippen LogP contribution in [0.4, 0.5) is 5.69 Å². The monoisotopic (exact) mass is 712 g/mol. The number of nitrogens with two attached hydrogens (primary N) is 1. The molecule has 0 radical (unpaired) electrons. The van der Waals surface area contributed by atoms with Crippen LogP contribution in [0, 0.1) is 0 Å². The van der Waals surface area contributed by atoms with Crippen molar-refractivity contribution in [2.75, 3.05) is 5.32 Å². The van der Waals surface area contributed by atoms with Crippen molar-refractivity contribution in [1.29, 1.82) is 0 Å². The molecule has 4 N–H and O–H groups in total. The molecular formula is C49H40N6. The number of hydrogen-bond donors (Lipinski definition) is 3. The van der Waals surface area contributed by atoms with E-state index in [0.29, 0.717) is 5.82 Å². The van der Waals surface area contributed by atoms with Crippen molar-refractivity contribution in [2.45, 2.75) is 19.3 Å². The van der Waals surface area contributed by atoms with Crippen LogP contribution in [-0.4, -0.2) is 20.8 Å². The molecular weight excluding hydrogens is 673 g/mol. The van der Waals surface area contributed by atoms with Crippen molar-refractivity contribution in [3.63, 3.8) is 0 Å². The lowest BCUT2D eigenvalue weighted by Gasteiger charge is -2.24. The quantitative estimate of drug-likeness (QED) is 0.123. The fraction of sp³-hybridized carbons (Fsp3) is 0.0612. The molecule has 0 spiro atoms. The molecule has 9 aromatic rings. The van der Waals surface area contributed by atoms with Gasteiger partial charge in [-0.25, -0.2) is 9.97 Å². The number of aromatic nitrogens is 3. The van der Waals surface area contributed by atoms with Gasteiger partial charge in [0.25, 0.3) is 0 Å². The molecule has 0 saturated carbocycles. The molecule has 0 fully saturated rings. The van der Waals surface area contributed by atoms with Crippen molar-refractivity contribution in [3.8, 4) is 50.6 Å². The summed E-state index contributed by atoms with van der Waals surface area (Å²) in [4.78, 5) is 9.94. The Hall–Kier alpha value is -6.86. The second kappa shape index (κ2) is 14.9. The van der Waals surface area contributed by atoms with Crippen LogP contribution < -0.4 is 16.4 Å². The largest absolute Gasteiger partial charge is 0.357 e. The Morgan fingerprint density at radius 3 is 1.82 bits per heavy atom. The van der Waals surface area contributed by atoms with Gasteiger partial charge in [0.1, 0.15) is 6.29 Å². The van der Waals surface area contributed by atoms with Crippen LogP contribution in [-0.2, 0) is 0 Å². The summed E-state index contributed by atoms with van der Waals surface area (Å²) in [5.41, 5.74) is 19.4. The van der Waals surface area contributed by atoms with E-state index >= 15 is 0 Å². The average Bonchev–Trinajstić information content (AvgIpc) is 3.58. The Balaban J connectivity index is 1.04. The van der Waals surface area contributed by atoms with E-state index in [1.165, 1.54) is 21.8 Å². The number of nitrogens with zero attached hydrogens (tertiary/aromatic N) is 3. The molecule has 2 heterocycles. The van der Waals surface area contributed by atoms with Gasteiger partial charge in [0, 0.05) is 44.9 Å². The predicted octanol–water partition coefficient (Wildman–Crippen LogP) is 11.2. The molecule has 0 aliphatic carbocycles. The fourth-order valence-electron chi connectivity index (χ4n) is 7.44. The zero-order valence-corrected chi connectivity index (χ0v) is 30.5. The first-order valence-corrected chi connectivity index (χ1v) is 18.7. The highest BCUT2D eigenvalue weighted by Crippen LogP contribution is 2.38. The normalized spacial score (nSPS) is 12.5. The van der Waals surface area contributed by atoms with E-state index in [1.807, 2.05) is 60.7 Å². The second-order valence-electron chi connectivity index (χ2n) is 13.8. The van der Waals surface area contributed by atoms with E-state index in [1.54, 1.807) is 0 Å². The lowest BCUT2D eigenvalue weighted by atomic mass is 9.96. The highest BCUT2D eigenvalue weighted by Gasteiger charge is 2.18. The lowest BCUT2D eigenvalue weighted by molar-refractivity contribution is 0.491. The van der Waals surface area contributed by atoms with Crippen LogP contribution in [0.25, 0.3) is 72.4 Å². The van der Waals surface area contributed by atoms with Gasteiger partial charge in [-0.2, -0.15) is 0 Å². The van der Waals surface area contributed by atoms with E-state index < -0.39 is 6.29 Å². The van der Waals surface area contributed by atoms with E-state index in [2.05, 4.69) is 150 Å². The Bertz CT molecular complexity index is 2670. The first-order valence-electron chi connectivity index (χ1n) is 18.7. The van der Waals surface area contributed by atoms with Gasteiger partial charge in [-0.3, -0.25) is 11.1 Å². The van der Waals surface area contributed by atoms with Gasteiger partial charge in [-0.1, -0.05) is 140 Å². The molecule has 0 aliphatic heterocycles. The summed E-state index contributed by atoms with van der Waals surface area (Å²) >= 11 is 0. The highest BCUT2D eigenvalue weighted by molar-refractivity contribution is 6.10. The third kappa shape index (κ3) is 6.88. The number of rotatable bonds is 10. The summed E-state index contributed by atoms with van der Waals surface area (Å²) in [5.74, 6) is 0.678. The average molecular weight is 713 g/mol. The van der Waals surface area contributed by atoms with Crippen LogP contribution in [0.15, 0.2) is 188 Å². The molecule has 2 atom stereocenters. The van der Waals surface area contributed by atoms with Crippen molar-refractivity contribution in [1.82, 2.24) is 19.9 Å². The van der Waals surface area contributed by atoms with Crippen LogP contribution in [0.3, 0.4) is 0 Å². The zero-order chi connectivity index (χ0) is 37.1. The number of benzene rings is 7. The van der Waals surface area contributed by atoms with E-state index in [4.69, 9.17) is 15.7 Å². The molecule has 55 heavy (non-hydrogen) atoms. The second-order valence-corrected chi connectivity index (χ2v) is 13.8. The maximum absolute atomic E-state index is 6.84. The SMILES string of the molecule is CC(NC(N)Nc1ccc(-c2ccc3c(c2)c2ccccc2n3-c2ccccc2)cc1-c1ccccc1)c1cc(-c2ccccc2)nc(-c2ccccc2)n1. The van der Waals surface area contributed by atoms with Gasteiger partial charge < -0.3 is 9.88 Å². The Labute approximate surface area is 321 Å². The van der Waals surface area contributed by atoms with Gasteiger partial charge in [-0.05, 0) is 72.1 Å². The topological polar surface area (TPSA) is 80.8 Å². The smallest absolute Gasteiger partial charge is 0.160 e. The number of hydrogen-bond acceptors (Lipinski definition) is 5. The number of nitrogens with one attached hydrogen (secondary N) is 2. The van der Waals surface area contributed by atoms with Gasteiger partial charge in [0.15, 0.2) is 5.82 Å². The number of anilines is 1. The summed E-state index contributed by atoms with van der Waals surface area (Å²) in [6, 6.07) is 65.2. The first-order chi connectivity index (χ1) is 27.1. The van der Waals surface area contributed by atoms with Crippen molar-refractivity contribution >= 4 is 27.5 Å². The molecule has 6 nitrogen and oxygen atoms in total. The van der Waals surface area contributed by atoms with Crippen molar-refractivity contribution in [2.24, 2.45) is 5.73 Å². The molecule has 0 saturated heterocycles. The van der Waals surface area contributed by atoms with Gasteiger partial charge in [-0.15, -0.1) is 0 Å². The van der Waals surface area contributed by atoms with Gasteiger partial charge in [0.2, 0.25) is 0 Å². The Morgan fingerprint density at radius 1 is 0.509 bits per heavy atom. The first kappa shape index (κ1) is 33.9. The Morgan fingerprint density at radius 2 is 1.09 bits per heavy atom. The predicted molar refractivity (Wildman–Crippen MR) is 228 cm³/mol. The maximum atomic E-state index is 6.84. The van der Waals surface area contributed by atoms with Gasteiger partial charge >= 0.3 is 0 Å². The highest BCUT2D eigenvalue weighted by atomic mass is 15.2. The van der Waals surface area contributed by atoms with Crippen LogP contribution in [0.5, 0.6) is 0 Å². The summed E-state index contributed by atoms with van der Waals surface area (Å²) in [6.07, 6.45) is -0.570.